The van der Waals surface area contributed by atoms with Gasteiger partial charge in [0.25, 0.3) is 0 Å². The topological polar surface area (TPSA) is 89.1 Å². The van der Waals surface area contributed by atoms with Gasteiger partial charge in [-0.25, -0.2) is 5.01 Å². The van der Waals surface area contributed by atoms with Crippen LogP contribution in [0.15, 0.2) is 78.5 Å². The summed E-state index contributed by atoms with van der Waals surface area (Å²) in [6.45, 7) is 4.33. The van der Waals surface area contributed by atoms with Gasteiger partial charge in [-0.05, 0) is 24.4 Å². The molecule has 148 valence electrons. The van der Waals surface area contributed by atoms with Gasteiger partial charge in [0.15, 0.2) is 16.1 Å². The second kappa shape index (κ2) is 9.85. The van der Waals surface area contributed by atoms with Crippen LogP contribution in [0, 0.1) is 0 Å². The molecule has 3 N–H and O–H groups in total. The van der Waals surface area contributed by atoms with Gasteiger partial charge in [0.1, 0.15) is 0 Å². The molecule has 7 nitrogen and oxygen atoms in total. The molecule has 2 aromatic carbocycles. The van der Waals surface area contributed by atoms with E-state index in [-0.39, 0.29) is 16.8 Å². The monoisotopic (exact) mass is 424 g/mol. The van der Waals surface area contributed by atoms with E-state index in [4.69, 9.17) is 18.0 Å². The molecule has 0 aliphatic carbocycles. The Morgan fingerprint density at radius 2 is 1.83 bits per heavy atom. The SMILES string of the molecule is C=CCn1c(SCC(=O)NN(C(N)=S)c2ccccc2)nnc1-c1ccccc1. The molecule has 1 heterocycles. The highest BCUT2D eigenvalue weighted by molar-refractivity contribution is 7.99. The van der Waals surface area contributed by atoms with E-state index in [9.17, 15) is 4.79 Å². The molecule has 0 bridgehead atoms. The van der Waals surface area contributed by atoms with Gasteiger partial charge in [-0.15, -0.1) is 16.8 Å². The Kier molecular flexibility index (Phi) is 6.99. The number of carbonyl (C=O) groups is 1. The van der Waals surface area contributed by atoms with Crippen LogP contribution in [0.5, 0.6) is 0 Å². The number of hydrogen-bond acceptors (Lipinski definition) is 5. The molecule has 0 spiro atoms. The molecule has 0 aliphatic rings. The summed E-state index contributed by atoms with van der Waals surface area (Å²) in [6.07, 6.45) is 1.77. The van der Waals surface area contributed by atoms with Crippen molar-refractivity contribution in [2.24, 2.45) is 5.73 Å². The average Bonchev–Trinajstić information content (AvgIpc) is 3.14. The fourth-order valence-electron chi connectivity index (χ4n) is 2.60. The van der Waals surface area contributed by atoms with Crippen molar-refractivity contribution in [1.29, 1.82) is 0 Å². The number of aromatic nitrogens is 3. The third-order valence-corrected chi connectivity index (χ3v) is 5.01. The Labute approximate surface area is 178 Å². The molecule has 0 saturated heterocycles. The van der Waals surface area contributed by atoms with Crippen molar-refractivity contribution in [3.63, 3.8) is 0 Å². The quantitative estimate of drug-likeness (QED) is 0.261. The summed E-state index contributed by atoms with van der Waals surface area (Å²) in [5.41, 5.74) is 10.1. The number of para-hydroxylation sites is 1. The molecule has 0 aliphatic heterocycles. The van der Waals surface area contributed by atoms with E-state index in [1.807, 2.05) is 53.1 Å². The van der Waals surface area contributed by atoms with Gasteiger partial charge in [0.2, 0.25) is 5.91 Å². The highest BCUT2D eigenvalue weighted by Gasteiger charge is 2.17. The lowest BCUT2D eigenvalue weighted by Gasteiger charge is -2.23. The van der Waals surface area contributed by atoms with Crippen molar-refractivity contribution in [1.82, 2.24) is 20.2 Å². The summed E-state index contributed by atoms with van der Waals surface area (Å²) < 4.78 is 1.92. The molecule has 0 unspecified atom stereocenters. The number of nitrogens with one attached hydrogen (secondary N) is 1. The Morgan fingerprint density at radius 3 is 2.45 bits per heavy atom. The molecular weight excluding hydrogens is 404 g/mol. The smallest absolute Gasteiger partial charge is 0.249 e. The predicted molar refractivity (Wildman–Crippen MR) is 120 cm³/mol. The van der Waals surface area contributed by atoms with Gasteiger partial charge in [-0.2, -0.15) is 0 Å². The first-order chi connectivity index (χ1) is 14.1. The molecule has 29 heavy (non-hydrogen) atoms. The molecule has 1 aromatic heterocycles. The molecule has 9 heteroatoms. The molecule has 0 atom stereocenters. The van der Waals surface area contributed by atoms with E-state index in [0.29, 0.717) is 17.4 Å². The van der Waals surface area contributed by atoms with E-state index in [1.165, 1.54) is 16.8 Å². The molecule has 0 saturated carbocycles. The number of thiocarbonyl (C=S) groups is 1. The van der Waals surface area contributed by atoms with E-state index >= 15 is 0 Å². The second-order valence-corrected chi connectivity index (χ2v) is 7.27. The molecule has 0 fully saturated rings. The van der Waals surface area contributed by atoms with Crippen LogP contribution in [0.3, 0.4) is 0 Å². The van der Waals surface area contributed by atoms with Gasteiger partial charge >= 0.3 is 0 Å². The summed E-state index contributed by atoms with van der Waals surface area (Å²) in [7, 11) is 0. The zero-order valence-corrected chi connectivity index (χ0v) is 17.2. The van der Waals surface area contributed by atoms with Gasteiger partial charge in [-0.3, -0.25) is 14.8 Å². The first kappa shape index (κ1) is 20.6. The summed E-state index contributed by atoms with van der Waals surface area (Å²) in [6, 6.07) is 18.9. The Bertz CT molecular complexity index is 991. The van der Waals surface area contributed by atoms with E-state index in [2.05, 4.69) is 22.2 Å². The van der Waals surface area contributed by atoms with Gasteiger partial charge < -0.3 is 5.73 Å². The summed E-state index contributed by atoms with van der Waals surface area (Å²) in [4.78, 5) is 12.5. The number of carbonyl (C=O) groups excluding carboxylic acids is 1. The first-order valence-electron chi connectivity index (χ1n) is 8.76. The standard InChI is InChI=1S/C20H20N6OS2/c1-2-13-25-18(15-9-5-3-6-10-15)22-23-20(25)29-14-17(27)24-26(19(21)28)16-11-7-4-8-12-16/h2-12H,1,13-14H2,(H2,21,28)(H,24,27). The molecule has 3 rings (SSSR count). The van der Waals surface area contributed by atoms with Crippen LogP contribution in [0.2, 0.25) is 0 Å². The summed E-state index contributed by atoms with van der Waals surface area (Å²) >= 11 is 6.33. The number of allylic oxidation sites excluding steroid dienone is 1. The van der Waals surface area contributed by atoms with Crippen molar-refractivity contribution in [3.8, 4) is 11.4 Å². The van der Waals surface area contributed by atoms with Crippen LogP contribution in [0.25, 0.3) is 11.4 Å². The minimum absolute atomic E-state index is 0.0516. The number of amides is 1. The van der Waals surface area contributed by atoms with E-state index in [0.717, 1.165) is 11.4 Å². The molecule has 0 radical (unpaired) electrons. The molecule has 3 aromatic rings. The maximum absolute atomic E-state index is 12.5. The largest absolute Gasteiger partial charge is 0.374 e. The normalized spacial score (nSPS) is 10.3. The minimum Gasteiger partial charge on any atom is -0.374 e. The third kappa shape index (κ3) is 5.21. The van der Waals surface area contributed by atoms with E-state index in [1.54, 1.807) is 18.2 Å². The zero-order chi connectivity index (χ0) is 20.6. The Hall–Kier alpha value is -3.17. The molecule has 1 amide bonds. The highest BCUT2D eigenvalue weighted by atomic mass is 32.2. The lowest BCUT2D eigenvalue weighted by atomic mass is 10.2. The van der Waals surface area contributed by atoms with Crippen LogP contribution in [0.4, 0.5) is 5.69 Å². The second-order valence-electron chi connectivity index (χ2n) is 5.90. The van der Waals surface area contributed by atoms with Crippen LogP contribution in [0.1, 0.15) is 0 Å². The van der Waals surface area contributed by atoms with Crippen molar-refractivity contribution < 1.29 is 4.79 Å². The van der Waals surface area contributed by atoms with Gasteiger partial charge in [-0.1, -0.05) is 66.4 Å². The lowest BCUT2D eigenvalue weighted by Crippen LogP contribution is -2.49. The van der Waals surface area contributed by atoms with Crippen LogP contribution >= 0.6 is 24.0 Å². The lowest BCUT2D eigenvalue weighted by molar-refractivity contribution is -0.118. The van der Waals surface area contributed by atoms with Gasteiger partial charge in [0, 0.05) is 12.1 Å². The third-order valence-electron chi connectivity index (χ3n) is 3.86. The fraction of sp³-hybridized carbons (Fsp3) is 0.100. The van der Waals surface area contributed by atoms with Crippen molar-refractivity contribution in [2.45, 2.75) is 11.7 Å². The predicted octanol–water partition coefficient (Wildman–Crippen LogP) is 3.00. The fourth-order valence-corrected chi connectivity index (χ4v) is 3.49. The first-order valence-corrected chi connectivity index (χ1v) is 10.2. The van der Waals surface area contributed by atoms with Crippen molar-refractivity contribution in [2.75, 3.05) is 10.8 Å². The number of hydrogen-bond donors (Lipinski definition) is 2. The number of nitrogens with zero attached hydrogens (tertiary/aromatic N) is 4. The zero-order valence-electron chi connectivity index (χ0n) is 15.6. The van der Waals surface area contributed by atoms with Crippen LogP contribution in [-0.2, 0) is 11.3 Å². The number of nitrogens with two attached hydrogens (primary N) is 1. The summed E-state index contributed by atoms with van der Waals surface area (Å²) in [5, 5.41) is 10.6. The van der Waals surface area contributed by atoms with Crippen molar-refractivity contribution >= 4 is 40.7 Å². The Balaban J connectivity index is 1.70. The van der Waals surface area contributed by atoms with Crippen LogP contribution in [-0.4, -0.2) is 31.5 Å². The maximum atomic E-state index is 12.5. The number of hydrazine groups is 1. The minimum atomic E-state index is -0.263. The average molecular weight is 425 g/mol. The Morgan fingerprint density at radius 1 is 1.17 bits per heavy atom. The number of anilines is 1. The highest BCUT2D eigenvalue weighted by Crippen LogP contribution is 2.24. The van der Waals surface area contributed by atoms with E-state index < -0.39 is 0 Å². The maximum Gasteiger partial charge on any atom is 0.249 e. The number of benzene rings is 2. The van der Waals surface area contributed by atoms with Gasteiger partial charge in [0.05, 0.1) is 11.4 Å². The number of rotatable bonds is 7. The van der Waals surface area contributed by atoms with Crippen LogP contribution < -0.4 is 16.2 Å². The van der Waals surface area contributed by atoms with Crippen molar-refractivity contribution in [3.05, 3.63) is 73.3 Å². The number of thioether (sulfide) groups is 1. The summed E-state index contributed by atoms with van der Waals surface area (Å²) in [5.74, 6) is 0.583. The molecular formula is C20H20N6OS2.